The van der Waals surface area contributed by atoms with Gasteiger partial charge in [0.1, 0.15) is 10.7 Å². The molecule has 1 amide bonds. The highest BCUT2D eigenvalue weighted by Gasteiger charge is 2.30. The molecular weight excluding hydrogens is 285 g/mol. The minimum atomic E-state index is -4.20. The molecule has 0 saturated carbocycles. The van der Waals surface area contributed by atoms with Gasteiger partial charge in [-0.25, -0.2) is 12.8 Å². The van der Waals surface area contributed by atoms with E-state index in [0.29, 0.717) is 6.42 Å². The Balaban J connectivity index is 3.25. The van der Waals surface area contributed by atoms with Crippen molar-refractivity contribution in [2.45, 2.75) is 24.7 Å². The molecule has 0 aliphatic heterocycles. The summed E-state index contributed by atoms with van der Waals surface area (Å²) in [6.07, 6.45) is 1.25. The van der Waals surface area contributed by atoms with Crippen molar-refractivity contribution in [1.82, 2.24) is 4.31 Å². The molecule has 8 heteroatoms. The molecule has 0 spiro atoms. The number of hydrogen-bond donors (Lipinski definition) is 2. The van der Waals surface area contributed by atoms with Crippen molar-refractivity contribution in [1.29, 1.82) is 0 Å². The van der Waals surface area contributed by atoms with E-state index in [0.717, 1.165) is 16.8 Å². The molecule has 4 N–H and O–H groups in total. The summed E-state index contributed by atoms with van der Waals surface area (Å²) in [5.74, 6) is -1.75. The number of primary amides is 1. The van der Waals surface area contributed by atoms with Crippen LogP contribution in [0.1, 0.15) is 19.8 Å². The summed E-state index contributed by atoms with van der Waals surface area (Å²) in [6, 6.07) is 3.61. The first-order valence-corrected chi connectivity index (χ1v) is 7.57. The Kier molecular flexibility index (Phi) is 5.46. The zero-order valence-corrected chi connectivity index (χ0v) is 12.0. The van der Waals surface area contributed by atoms with Crippen LogP contribution in [0.25, 0.3) is 0 Å². The van der Waals surface area contributed by atoms with E-state index in [4.69, 9.17) is 11.5 Å². The van der Waals surface area contributed by atoms with Gasteiger partial charge in [0, 0.05) is 6.54 Å². The maximum absolute atomic E-state index is 13.8. The Morgan fingerprint density at radius 2 is 2.05 bits per heavy atom. The Hall–Kier alpha value is -1.67. The Bertz CT molecular complexity index is 569. The fourth-order valence-corrected chi connectivity index (χ4v) is 3.32. The van der Waals surface area contributed by atoms with Crippen molar-refractivity contribution >= 4 is 21.6 Å². The van der Waals surface area contributed by atoms with Gasteiger partial charge in [0.15, 0.2) is 0 Å². The normalized spacial score (nSPS) is 11.8. The van der Waals surface area contributed by atoms with Crippen molar-refractivity contribution < 1.29 is 17.6 Å². The second-order valence-electron chi connectivity index (χ2n) is 4.32. The topological polar surface area (TPSA) is 106 Å². The van der Waals surface area contributed by atoms with Gasteiger partial charge in [0.05, 0.1) is 12.2 Å². The number of sulfonamides is 1. The average molecular weight is 303 g/mol. The fraction of sp³-hybridized carbons (Fsp3) is 0.417. The zero-order chi connectivity index (χ0) is 15.3. The van der Waals surface area contributed by atoms with Gasteiger partial charge in [-0.3, -0.25) is 4.79 Å². The van der Waals surface area contributed by atoms with E-state index in [1.807, 2.05) is 6.92 Å². The van der Waals surface area contributed by atoms with Crippen molar-refractivity contribution in [2.75, 3.05) is 18.8 Å². The molecule has 0 radical (unpaired) electrons. The van der Waals surface area contributed by atoms with Gasteiger partial charge in [-0.15, -0.1) is 0 Å². The molecule has 1 aromatic rings. The van der Waals surface area contributed by atoms with Gasteiger partial charge in [-0.2, -0.15) is 4.31 Å². The highest BCUT2D eigenvalue weighted by atomic mass is 32.2. The molecule has 20 heavy (non-hydrogen) atoms. The van der Waals surface area contributed by atoms with Crippen LogP contribution < -0.4 is 11.5 Å². The second-order valence-corrected chi connectivity index (χ2v) is 6.19. The van der Waals surface area contributed by atoms with Crippen LogP contribution in [0.5, 0.6) is 0 Å². The number of carbonyl (C=O) groups is 1. The third kappa shape index (κ3) is 3.67. The van der Waals surface area contributed by atoms with Crippen LogP contribution in [0.15, 0.2) is 23.1 Å². The zero-order valence-electron chi connectivity index (χ0n) is 11.2. The molecule has 0 saturated heterocycles. The van der Waals surface area contributed by atoms with Crippen molar-refractivity contribution in [3.63, 3.8) is 0 Å². The minimum Gasteiger partial charge on any atom is -0.398 e. The van der Waals surface area contributed by atoms with Gasteiger partial charge in [0.2, 0.25) is 15.9 Å². The van der Waals surface area contributed by atoms with Gasteiger partial charge in [-0.05, 0) is 18.6 Å². The van der Waals surface area contributed by atoms with E-state index in [-0.39, 0.29) is 12.2 Å². The van der Waals surface area contributed by atoms with Crippen molar-refractivity contribution in [3.05, 3.63) is 24.0 Å². The number of unbranched alkanes of at least 4 members (excludes halogenated alkanes) is 1. The standard InChI is InChI=1S/C12H18FN3O3S/c1-2-3-7-16(8-11(15)17)20(18,19)12-9(13)5-4-6-10(12)14/h4-6H,2-3,7-8,14H2,1H3,(H2,15,17). The number of nitrogens with two attached hydrogens (primary N) is 2. The van der Waals surface area contributed by atoms with Gasteiger partial charge >= 0.3 is 0 Å². The van der Waals surface area contributed by atoms with Gasteiger partial charge in [0.25, 0.3) is 0 Å². The van der Waals surface area contributed by atoms with Crippen LogP contribution in [0.2, 0.25) is 0 Å². The molecule has 0 aliphatic rings. The highest BCUT2D eigenvalue weighted by molar-refractivity contribution is 7.89. The van der Waals surface area contributed by atoms with Gasteiger partial charge in [-0.1, -0.05) is 19.4 Å². The number of amides is 1. The summed E-state index contributed by atoms with van der Waals surface area (Å²) in [6.45, 7) is 1.44. The molecule has 0 heterocycles. The predicted molar refractivity (Wildman–Crippen MR) is 73.7 cm³/mol. The predicted octanol–water partition coefficient (Wildman–Crippen LogP) is 0.684. The Morgan fingerprint density at radius 3 is 2.55 bits per heavy atom. The maximum Gasteiger partial charge on any atom is 0.248 e. The first-order chi connectivity index (χ1) is 9.30. The number of hydrogen-bond acceptors (Lipinski definition) is 4. The molecular formula is C12H18FN3O3S. The summed E-state index contributed by atoms with van der Waals surface area (Å²) in [5.41, 5.74) is 10.4. The van der Waals surface area contributed by atoms with Gasteiger partial charge < -0.3 is 11.5 Å². The molecule has 1 aromatic carbocycles. The van der Waals surface area contributed by atoms with Crippen molar-refractivity contribution in [3.8, 4) is 0 Å². The quantitative estimate of drug-likeness (QED) is 0.722. The number of anilines is 1. The number of nitrogen functional groups attached to an aromatic ring is 1. The van der Waals surface area contributed by atoms with E-state index in [1.165, 1.54) is 12.1 Å². The number of halogens is 1. The Labute approximate surface area is 117 Å². The molecule has 112 valence electrons. The molecule has 1 rings (SSSR count). The lowest BCUT2D eigenvalue weighted by molar-refractivity contribution is -0.118. The van der Waals surface area contributed by atoms with Crippen LogP contribution in [0.4, 0.5) is 10.1 Å². The lowest BCUT2D eigenvalue weighted by Crippen LogP contribution is -2.39. The van der Waals surface area contributed by atoms with Crippen molar-refractivity contribution in [2.24, 2.45) is 5.73 Å². The molecule has 0 atom stereocenters. The fourth-order valence-electron chi connectivity index (χ4n) is 1.72. The molecule has 6 nitrogen and oxygen atoms in total. The van der Waals surface area contributed by atoms with Crippen LogP contribution >= 0.6 is 0 Å². The van der Waals surface area contributed by atoms with Crippen LogP contribution in [0, 0.1) is 5.82 Å². The van der Waals surface area contributed by atoms with E-state index in [2.05, 4.69) is 0 Å². The van der Waals surface area contributed by atoms with E-state index in [9.17, 15) is 17.6 Å². The third-order valence-corrected chi connectivity index (χ3v) is 4.63. The molecule has 0 aromatic heterocycles. The largest absolute Gasteiger partial charge is 0.398 e. The molecule has 0 bridgehead atoms. The highest BCUT2D eigenvalue weighted by Crippen LogP contribution is 2.25. The third-order valence-electron chi connectivity index (χ3n) is 2.69. The number of nitrogens with zero attached hydrogens (tertiary/aromatic N) is 1. The number of carbonyl (C=O) groups excluding carboxylic acids is 1. The summed E-state index contributed by atoms with van der Waals surface area (Å²) in [5, 5.41) is 0. The van der Waals surface area contributed by atoms with Crippen LogP contribution in [0.3, 0.4) is 0 Å². The Morgan fingerprint density at radius 1 is 1.40 bits per heavy atom. The van der Waals surface area contributed by atoms with Crippen LogP contribution in [-0.2, 0) is 14.8 Å². The lowest BCUT2D eigenvalue weighted by Gasteiger charge is -2.21. The molecule has 0 aliphatic carbocycles. The van der Waals surface area contributed by atoms with E-state index in [1.54, 1.807) is 0 Å². The first-order valence-electron chi connectivity index (χ1n) is 6.13. The minimum absolute atomic E-state index is 0.0789. The average Bonchev–Trinajstić information content (AvgIpc) is 2.33. The summed E-state index contributed by atoms with van der Waals surface area (Å²) in [4.78, 5) is 10.4. The number of rotatable bonds is 7. The van der Waals surface area contributed by atoms with Crippen LogP contribution in [-0.4, -0.2) is 31.7 Å². The monoisotopic (exact) mass is 303 g/mol. The second kappa shape index (κ2) is 6.67. The summed E-state index contributed by atoms with van der Waals surface area (Å²) >= 11 is 0. The molecule has 0 unspecified atom stereocenters. The smallest absolute Gasteiger partial charge is 0.248 e. The SMILES string of the molecule is CCCCN(CC(N)=O)S(=O)(=O)c1c(N)cccc1F. The lowest BCUT2D eigenvalue weighted by atomic mass is 10.3. The van der Waals surface area contributed by atoms with E-state index >= 15 is 0 Å². The maximum atomic E-state index is 13.8. The summed E-state index contributed by atoms with van der Waals surface area (Å²) in [7, 11) is -4.20. The first kappa shape index (κ1) is 16.4. The van der Waals surface area contributed by atoms with E-state index < -0.39 is 33.2 Å². The summed E-state index contributed by atoms with van der Waals surface area (Å²) < 4.78 is 39.4. The molecule has 0 fully saturated rings. The number of benzene rings is 1.